The monoisotopic (exact) mass is 1970 g/mol. The largest absolute Gasteiger partial charge is 0.508 e. The molecule has 4 aliphatic heterocycles. The highest BCUT2D eigenvalue weighted by atomic mass is 35.5. The number of hydrogen-bond donors (Lipinski definition) is 4. The molecule has 0 amide bonds. The third-order valence-corrected chi connectivity index (χ3v) is 30.0. The molecular formula is C119H125Cl2F3N8O9S. The maximum absolute atomic E-state index is 15.2. The summed E-state index contributed by atoms with van der Waals surface area (Å²) < 4.78 is 80.0. The summed E-state index contributed by atoms with van der Waals surface area (Å²) in [6.45, 7) is 33.5. The van der Waals surface area contributed by atoms with Crippen LogP contribution in [0.2, 0.25) is 10.0 Å². The number of phenols is 4. The Labute approximate surface area is 845 Å². The zero-order chi connectivity index (χ0) is 99.2. The number of halogens is 5. The van der Waals surface area contributed by atoms with E-state index in [2.05, 4.69) is 157 Å². The third-order valence-electron chi connectivity index (χ3n) is 28.4. The molecule has 0 spiro atoms. The van der Waals surface area contributed by atoms with Gasteiger partial charge in [-0.15, -0.1) is 0 Å². The highest BCUT2D eigenvalue weighted by molar-refractivity contribution is 7.10. The Morgan fingerprint density at radius 2 is 0.873 bits per heavy atom. The van der Waals surface area contributed by atoms with E-state index in [0.717, 1.165) is 173 Å². The van der Waals surface area contributed by atoms with Gasteiger partial charge in [0.15, 0.2) is 17.3 Å². The number of hydrogen-bond acceptors (Lipinski definition) is 16. The quantitative estimate of drug-likeness (QED) is 0.0313. The second-order valence-electron chi connectivity index (χ2n) is 38.3. The number of aromatic hydroxyl groups is 4. The SMILES string of the molecule is CCC1CN(CCOc2ccc(-c3c(-c4ccccc4Cl)noc3-c3ccc(O)cc3)cc2)C1.CCC1CN(CCOc2ccc(-c3c(-c4ccccc4Cl)nsc3-c3ccc(O)cc3)cc2F)C1.Cc1ccc(-c2c(C)c3cc(O)ccc3n2Cc2ccc(OCCN3CC[C@@H](CF)C3)cc2)cc1C.Cc1ccc(-c2c(C)c3cc(O)ccc3n2Cc2ccc(OC[C@H](C)N3CC[C@@H](CF)C3)cc2)cc1C. The van der Waals surface area contributed by atoms with Gasteiger partial charge in [-0.1, -0.05) is 158 Å². The zero-order valence-electron chi connectivity index (χ0n) is 82.2. The van der Waals surface area contributed by atoms with Crippen LogP contribution in [0.4, 0.5) is 13.2 Å². The number of rotatable bonds is 32. The summed E-state index contributed by atoms with van der Waals surface area (Å²) in [5.41, 5.74) is 24.6. The Balaban J connectivity index is 0.000000130. The van der Waals surface area contributed by atoms with Crippen molar-refractivity contribution in [3.8, 4) is 135 Å². The summed E-state index contributed by atoms with van der Waals surface area (Å²) in [5, 5.41) is 47.5. The van der Waals surface area contributed by atoms with Gasteiger partial charge in [0.25, 0.3) is 0 Å². The van der Waals surface area contributed by atoms with Crippen LogP contribution in [0.25, 0.3) is 111 Å². The van der Waals surface area contributed by atoms with Gasteiger partial charge in [0.2, 0.25) is 0 Å². The fraction of sp³-hybridized carbons (Fsp3) is 0.311. The number of benzene rings is 12. The molecule has 16 aromatic rings. The van der Waals surface area contributed by atoms with Gasteiger partial charge in [-0.3, -0.25) is 28.4 Å². The summed E-state index contributed by atoms with van der Waals surface area (Å²) in [6.07, 6.45) is 4.34. The van der Waals surface area contributed by atoms with Crippen LogP contribution in [0.15, 0.2) is 265 Å². The van der Waals surface area contributed by atoms with Crippen molar-refractivity contribution in [2.75, 3.05) is 112 Å². The lowest BCUT2D eigenvalue weighted by atomic mass is 9.96. The minimum Gasteiger partial charge on any atom is -0.508 e. The fourth-order valence-electron chi connectivity index (χ4n) is 19.6. The standard InChI is InChI=1S/C32H37FN2O2.C31H35FN2O2.C28H26ClFN2O2S.C28H27ClN2O3/c1-21-5-8-27(15-22(21)2)32-24(4)30-16-28(36)9-12-31(30)35(32)19-25-6-10-29(11-7-25)37-20-23(3)34-14-13-26(17-33)18-34;1-21-4-7-26(16-22(21)2)31-23(3)29-17-27(35)8-11-30(29)34(31)20-24-5-9-28(10-6-24)36-15-14-33-13-12-25(18-32)19-33;1-2-18-16-32(17-18)13-14-34-25-12-9-20(15-24(25)30)26-27(22-5-3-4-6-23(22)29)31-35-28(26)19-7-10-21(33)11-8-19;1-2-19-17-31(18-19)15-16-33-23-13-9-20(10-14-23)26-27(24-5-3-4-6-25(24)29)30-34-28(26)21-7-11-22(32)12-8-21/h5-12,15-16,23,26,36H,13-14,17-20H2,1-4H3;4-11,16-17,25,35H,12-15,18-20H2,1-3H3;3-12,15,18,33H,2,13-14,16-17H2,1H3;3-14,19,32H,2,15-18H2,1H3/t23-,26-;25-;;/m00../s1. The lowest BCUT2D eigenvalue weighted by Gasteiger charge is -2.38. The van der Waals surface area contributed by atoms with Crippen LogP contribution in [0.3, 0.4) is 0 Å². The molecule has 736 valence electrons. The molecule has 0 bridgehead atoms. The number of phenolic OH excluding ortho intramolecular Hbond substituents is 4. The molecular weight excluding hydrogens is 1850 g/mol. The first-order valence-electron chi connectivity index (χ1n) is 49.4. The molecule has 4 fully saturated rings. The topological polar surface area (TPSA) is 180 Å². The molecule has 0 unspecified atom stereocenters. The molecule has 0 radical (unpaired) electrons. The van der Waals surface area contributed by atoms with Gasteiger partial charge in [-0.25, -0.2) is 4.39 Å². The Morgan fingerprint density at radius 1 is 0.430 bits per heavy atom. The third kappa shape index (κ3) is 23.9. The van der Waals surface area contributed by atoms with E-state index in [1.165, 1.54) is 111 Å². The Bertz CT molecular complexity index is 6980. The summed E-state index contributed by atoms with van der Waals surface area (Å²) >= 11 is 14.3. The van der Waals surface area contributed by atoms with Crippen molar-refractivity contribution in [1.82, 2.24) is 38.3 Å². The van der Waals surface area contributed by atoms with Gasteiger partial charge in [-0.2, -0.15) is 4.37 Å². The molecule has 8 heterocycles. The van der Waals surface area contributed by atoms with E-state index in [1.54, 1.807) is 42.5 Å². The van der Waals surface area contributed by atoms with E-state index in [4.69, 9.17) is 51.0 Å². The van der Waals surface area contributed by atoms with Crippen LogP contribution in [-0.4, -0.2) is 177 Å². The van der Waals surface area contributed by atoms with Crippen molar-refractivity contribution in [3.63, 3.8) is 0 Å². The predicted octanol–water partition coefficient (Wildman–Crippen LogP) is 27.8. The molecule has 0 saturated carbocycles. The number of alkyl halides is 2. The molecule has 23 heteroatoms. The van der Waals surface area contributed by atoms with E-state index in [-0.39, 0.29) is 60.0 Å². The average Bonchev–Trinajstić information content (AvgIpc) is 1.62. The summed E-state index contributed by atoms with van der Waals surface area (Å²) in [6, 6.07) is 83.3. The predicted molar refractivity (Wildman–Crippen MR) is 570 cm³/mol. The zero-order valence-corrected chi connectivity index (χ0v) is 84.5. The van der Waals surface area contributed by atoms with Crippen molar-refractivity contribution < 1.29 is 57.1 Å². The normalized spacial score (nSPS) is 15.4. The number of fused-ring (bicyclic) bond motifs is 2. The Hall–Kier alpha value is -12.8. The van der Waals surface area contributed by atoms with Crippen LogP contribution in [0, 0.1) is 71.0 Å². The molecule has 20 rings (SSSR count). The lowest BCUT2D eigenvalue weighted by molar-refractivity contribution is 0.0798. The van der Waals surface area contributed by atoms with E-state index in [9.17, 15) is 29.2 Å². The first kappa shape index (κ1) is 101. The molecule has 4 N–H and O–H groups in total. The van der Waals surface area contributed by atoms with Crippen LogP contribution in [0.5, 0.6) is 46.0 Å². The molecule has 4 aliphatic rings. The number of nitrogens with zero attached hydrogens (tertiary/aromatic N) is 8. The van der Waals surface area contributed by atoms with Crippen molar-refractivity contribution in [1.29, 1.82) is 0 Å². The van der Waals surface area contributed by atoms with E-state index in [0.29, 0.717) is 65.7 Å². The first-order chi connectivity index (χ1) is 68.9. The van der Waals surface area contributed by atoms with Crippen LogP contribution < -0.4 is 18.9 Å². The van der Waals surface area contributed by atoms with E-state index in [1.807, 2.05) is 152 Å². The molecule has 4 saturated heterocycles. The second-order valence-corrected chi connectivity index (χ2v) is 39.9. The smallest absolute Gasteiger partial charge is 0.175 e. The van der Waals surface area contributed by atoms with Crippen molar-refractivity contribution in [3.05, 3.63) is 321 Å². The van der Waals surface area contributed by atoms with E-state index < -0.39 is 5.82 Å². The minimum atomic E-state index is -0.412. The number of aromatic nitrogens is 4. The van der Waals surface area contributed by atoms with Crippen LogP contribution in [-0.2, 0) is 13.1 Å². The van der Waals surface area contributed by atoms with Crippen molar-refractivity contribution in [2.45, 2.75) is 107 Å². The second kappa shape index (κ2) is 46.5. The molecule has 17 nitrogen and oxygen atoms in total. The molecule has 142 heavy (non-hydrogen) atoms. The summed E-state index contributed by atoms with van der Waals surface area (Å²) in [7, 11) is 0. The number of ether oxygens (including phenoxy) is 4. The molecule has 12 aromatic carbocycles. The Kier molecular flexibility index (Phi) is 33.0. The van der Waals surface area contributed by atoms with Crippen molar-refractivity contribution >= 4 is 56.5 Å². The highest BCUT2D eigenvalue weighted by Crippen LogP contribution is 2.48. The maximum Gasteiger partial charge on any atom is 0.175 e. The number of likely N-dealkylation sites (tertiary alicyclic amines) is 4. The molecule has 3 atom stereocenters. The van der Waals surface area contributed by atoms with Crippen LogP contribution >= 0.6 is 34.7 Å². The maximum atomic E-state index is 15.2. The summed E-state index contributed by atoms with van der Waals surface area (Å²) in [4.78, 5) is 10.2. The van der Waals surface area contributed by atoms with E-state index >= 15 is 4.39 Å². The van der Waals surface area contributed by atoms with Gasteiger partial charge in [-0.05, 0) is 328 Å². The Morgan fingerprint density at radius 3 is 1.37 bits per heavy atom. The highest BCUT2D eigenvalue weighted by Gasteiger charge is 2.32. The molecule has 0 aliphatic carbocycles. The first-order valence-corrected chi connectivity index (χ1v) is 50.9. The average molecular weight is 1970 g/mol. The van der Waals surface area contributed by atoms with Gasteiger partial charge in [0, 0.05) is 134 Å². The lowest BCUT2D eigenvalue weighted by Crippen LogP contribution is -2.47. The molecule has 4 aromatic heterocycles. The number of aryl methyl sites for hydroxylation is 6. The minimum absolute atomic E-state index is 0.174. The summed E-state index contributed by atoms with van der Waals surface area (Å²) in [5.74, 6) is 5.92. The van der Waals surface area contributed by atoms with Gasteiger partial charge in [0.1, 0.15) is 72.4 Å². The fourth-order valence-corrected chi connectivity index (χ4v) is 20.9. The van der Waals surface area contributed by atoms with Crippen molar-refractivity contribution in [2.24, 2.45) is 23.7 Å². The van der Waals surface area contributed by atoms with Gasteiger partial charge in [0.05, 0.1) is 50.9 Å². The van der Waals surface area contributed by atoms with Gasteiger partial charge >= 0.3 is 0 Å². The van der Waals surface area contributed by atoms with Crippen LogP contribution in [0.1, 0.15) is 91.0 Å². The van der Waals surface area contributed by atoms with Gasteiger partial charge < -0.3 is 53.0 Å².